The van der Waals surface area contributed by atoms with Crippen LogP contribution in [0.1, 0.15) is 37.0 Å². The van der Waals surface area contributed by atoms with Gasteiger partial charge in [-0.25, -0.2) is 19.6 Å². The standard InChI is InChI=1S/C20H24N4O5/c1-20(2,3)29-19(28)23-11-16(25)24(4)12-13-6-5-7-14(8-13)15-9-21-17(18(26)27)22-10-15/h5-10H,11-12H2,1-4H3,(H,23,28)(H,26,27). The summed E-state index contributed by atoms with van der Waals surface area (Å²) in [5.41, 5.74) is 1.69. The van der Waals surface area contributed by atoms with Crippen LogP contribution < -0.4 is 5.32 Å². The number of hydrogen-bond acceptors (Lipinski definition) is 6. The molecule has 9 nitrogen and oxygen atoms in total. The summed E-state index contributed by atoms with van der Waals surface area (Å²) >= 11 is 0. The minimum absolute atomic E-state index is 0.171. The lowest BCUT2D eigenvalue weighted by molar-refractivity contribution is -0.129. The zero-order valence-electron chi connectivity index (χ0n) is 16.8. The molecular weight excluding hydrogens is 376 g/mol. The maximum absolute atomic E-state index is 12.3. The predicted molar refractivity (Wildman–Crippen MR) is 105 cm³/mol. The van der Waals surface area contributed by atoms with Gasteiger partial charge in [0.2, 0.25) is 11.7 Å². The van der Waals surface area contributed by atoms with Crippen molar-refractivity contribution in [3.8, 4) is 11.1 Å². The summed E-state index contributed by atoms with van der Waals surface area (Å²) in [7, 11) is 1.64. The molecule has 0 unspecified atom stereocenters. The number of nitrogens with one attached hydrogen (secondary N) is 1. The number of hydrogen-bond donors (Lipinski definition) is 2. The second-order valence-corrected chi connectivity index (χ2v) is 7.41. The normalized spacial score (nSPS) is 10.9. The van der Waals surface area contributed by atoms with E-state index in [-0.39, 0.29) is 18.3 Å². The van der Waals surface area contributed by atoms with Crippen molar-refractivity contribution in [2.45, 2.75) is 32.9 Å². The van der Waals surface area contributed by atoms with Crippen LogP contribution in [0.5, 0.6) is 0 Å². The molecule has 0 saturated carbocycles. The first kappa shape index (κ1) is 21.8. The molecule has 2 aromatic rings. The quantitative estimate of drug-likeness (QED) is 0.763. The van der Waals surface area contributed by atoms with E-state index in [1.165, 1.54) is 17.3 Å². The molecule has 0 aliphatic carbocycles. The van der Waals surface area contributed by atoms with Crippen LogP contribution in [-0.2, 0) is 16.1 Å². The molecule has 0 radical (unpaired) electrons. The second-order valence-electron chi connectivity index (χ2n) is 7.41. The van der Waals surface area contributed by atoms with E-state index < -0.39 is 17.7 Å². The Kier molecular flexibility index (Phi) is 6.87. The topological polar surface area (TPSA) is 122 Å². The molecule has 154 valence electrons. The number of nitrogens with zero attached hydrogens (tertiary/aromatic N) is 3. The third-order valence-corrected chi connectivity index (χ3v) is 3.73. The molecule has 0 saturated heterocycles. The highest BCUT2D eigenvalue weighted by molar-refractivity contribution is 5.83. The van der Waals surface area contributed by atoms with Crippen molar-refractivity contribution in [2.24, 2.45) is 0 Å². The van der Waals surface area contributed by atoms with E-state index in [0.29, 0.717) is 12.1 Å². The molecule has 0 atom stereocenters. The summed E-state index contributed by atoms with van der Waals surface area (Å²) in [5, 5.41) is 11.3. The maximum Gasteiger partial charge on any atom is 0.408 e. The number of carboxylic acid groups (broad SMARTS) is 1. The zero-order chi connectivity index (χ0) is 21.6. The van der Waals surface area contributed by atoms with Crippen molar-refractivity contribution in [1.29, 1.82) is 0 Å². The van der Waals surface area contributed by atoms with Gasteiger partial charge >= 0.3 is 12.1 Å². The average Bonchev–Trinajstić information content (AvgIpc) is 2.65. The summed E-state index contributed by atoms with van der Waals surface area (Å²) < 4.78 is 5.10. The van der Waals surface area contributed by atoms with E-state index in [0.717, 1.165) is 11.1 Å². The smallest absolute Gasteiger partial charge is 0.408 e. The van der Waals surface area contributed by atoms with Gasteiger partial charge in [-0.1, -0.05) is 18.2 Å². The number of alkyl carbamates (subject to hydrolysis) is 1. The largest absolute Gasteiger partial charge is 0.475 e. The molecule has 2 N–H and O–H groups in total. The molecule has 0 fully saturated rings. The Bertz CT molecular complexity index is 890. The number of carbonyl (C=O) groups is 3. The van der Waals surface area contributed by atoms with Gasteiger partial charge in [-0.3, -0.25) is 4.79 Å². The molecule has 0 aliphatic heterocycles. The summed E-state index contributed by atoms with van der Waals surface area (Å²) in [5.74, 6) is -1.73. The van der Waals surface area contributed by atoms with Gasteiger partial charge in [0.1, 0.15) is 12.1 Å². The molecule has 1 aromatic heterocycles. The van der Waals surface area contributed by atoms with Crippen LogP contribution in [0.25, 0.3) is 11.1 Å². The number of carboxylic acids is 1. The monoisotopic (exact) mass is 400 g/mol. The Morgan fingerprint density at radius 2 is 1.79 bits per heavy atom. The van der Waals surface area contributed by atoms with Gasteiger partial charge in [-0.2, -0.15) is 0 Å². The highest BCUT2D eigenvalue weighted by atomic mass is 16.6. The fourth-order valence-electron chi connectivity index (χ4n) is 2.40. The average molecular weight is 400 g/mol. The van der Waals surface area contributed by atoms with Gasteiger partial charge < -0.3 is 20.1 Å². The van der Waals surface area contributed by atoms with Crippen molar-refractivity contribution in [2.75, 3.05) is 13.6 Å². The molecule has 0 spiro atoms. The van der Waals surface area contributed by atoms with E-state index in [9.17, 15) is 14.4 Å². The van der Waals surface area contributed by atoms with Gasteiger partial charge in [0.25, 0.3) is 0 Å². The lowest BCUT2D eigenvalue weighted by Crippen LogP contribution is -2.40. The number of aromatic carboxylic acids is 1. The highest BCUT2D eigenvalue weighted by Gasteiger charge is 2.18. The Labute approximate surface area is 168 Å². The molecule has 2 amide bonds. The molecule has 29 heavy (non-hydrogen) atoms. The van der Waals surface area contributed by atoms with Crippen LogP contribution in [-0.4, -0.2) is 57.1 Å². The van der Waals surface area contributed by atoms with Crippen molar-refractivity contribution < 1.29 is 24.2 Å². The maximum atomic E-state index is 12.3. The molecule has 9 heteroatoms. The summed E-state index contributed by atoms with van der Waals surface area (Å²) in [6, 6.07) is 7.40. The lowest BCUT2D eigenvalue weighted by atomic mass is 10.1. The lowest BCUT2D eigenvalue weighted by Gasteiger charge is -2.21. The number of amides is 2. The predicted octanol–water partition coefficient (Wildman–Crippen LogP) is 2.32. The van der Waals surface area contributed by atoms with Gasteiger partial charge in [-0.15, -0.1) is 0 Å². The van der Waals surface area contributed by atoms with Gasteiger partial charge in [-0.05, 0) is 38.0 Å². The van der Waals surface area contributed by atoms with E-state index in [1.54, 1.807) is 27.8 Å². The number of aromatic nitrogens is 2. The van der Waals surface area contributed by atoms with Crippen LogP contribution in [0.3, 0.4) is 0 Å². The molecular formula is C20H24N4O5. The highest BCUT2D eigenvalue weighted by Crippen LogP contribution is 2.19. The van der Waals surface area contributed by atoms with Crippen LogP contribution in [0.2, 0.25) is 0 Å². The first-order chi connectivity index (χ1) is 13.5. The minimum atomic E-state index is -1.19. The number of ether oxygens (including phenoxy) is 1. The SMILES string of the molecule is CN(Cc1cccc(-c2cnc(C(=O)O)nc2)c1)C(=O)CNC(=O)OC(C)(C)C. The number of benzene rings is 1. The van der Waals surface area contributed by atoms with Crippen LogP contribution in [0, 0.1) is 0 Å². The van der Waals surface area contributed by atoms with Gasteiger partial charge in [0.15, 0.2) is 0 Å². The van der Waals surface area contributed by atoms with Gasteiger partial charge in [0.05, 0.1) is 0 Å². The molecule has 2 rings (SSSR count). The number of rotatable bonds is 6. The Morgan fingerprint density at radius 1 is 1.14 bits per heavy atom. The molecule has 1 heterocycles. The minimum Gasteiger partial charge on any atom is -0.475 e. The third-order valence-electron chi connectivity index (χ3n) is 3.73. The van der Waals surface area contributed by atoms with Crippen molar-refractivity contribution in [1.82, 2.24) is 20.2 Å². The molecule has 0 bridgehead atoms. The number of likely N-dealkylation sites (N-methyl/N-ethyl adjacent to an activating group) is 1. The second kappa shape index (κ2) is 9.13. The fourth-order valence-corrected chi connectivity index (χ4v) is 2.40. The van der Waals surface area contributed by atoms with Crippen molar-refractivity contribution >= 4 is 18.0 Å². The van der Waals surface area contributed by atoms with Crippen molar-refractivity contribution in [3.63, 3.8) is 0 Å². The molecule has 1 aromatic carbocycles. The first-order valence-corrected chi connectivity index (χ1v) is 8.90. The fraction of sp³-hybridized carbons (Fsp3) is 0.350. The third kappa shape index (κ3) is 6.87. The zero-order valence-corrected chi connectivity index (χ0v) is 16.8. The summed E-state index contributed by atoms with van der Waals surface area (Å²) in [6.07, 6.45) is 2.23. The Morgan fingerprint density at radius 3 is 2.38 bits per heavy atom. The van der Waals surface area contributed by atoms with Crippen LogP contribution in [0.15, 0.2) is 36.7 Å². The van der Waals surface area contributed by atoms with E-state index in [1.807, 2.05) is 24.3 Å². The summed E-state index contributed by atoms with van der Waals surface area (Å²) in [6.45, 7) is 5.39. The van der Waals surface area contributed by atoms with E-state index in [2.05, 4.69) is 15.3 Å². The van der Waals surface area contributed by atoms with Crippen LogP contribution >= 0.6 is 0 Å². The van der Waals surface area contributed by atoms with Crippen LogP contribution in [0.4, 0.5) is 4.79 Å². The Balaban J connectivity index is 1.97. The van der Waals surface area contributed by atoms with E-state index in [4.69, 9.17) is 9.84 Å². The van der Waals surface area contributed by atoms with Crippen molar-refractivity contribution in [3.05, 3.63) is 48.0 Å². The van der Waals surface area contributed by atoms with E-state index >= 15 is 0 Å². The first-order valence-electron chi connectivity index (χ1n) is 8.90. The number of carbonyl (C=O) groups excluding carboxylic acids is 2. The summed E-state index contributed by atoms with van der Waals surface area (Å²) in [4.78, 5) is 43.9. The molecule has 0 aliphatic rings. The Hall–Kier alpha value is -3.49. The van der Waals surface area contributed by atoms with Gasteiger partial charge in [0, 0.05) is 31.5 Å².